The van der Waals surface area contributed by atoms with Crippen molar-refractivity contribution in [2.24, 2.45) is 0 Å². The molecule has 10 aromatic carbocycles. The van der Waals surface area contributed by atoms with Gasteiger partial charge in [0.2, 0.25) is 0 Å². The first-order valence-corrected chi connectivity index (χ1v) is 23.5. The standard InChI is InChI=1S/C56H35NO2SSi/c1-2-13-36(14-3-1)37-25-27-42(28-26-37)57(46-21-12-20-45-44-19-8-10-23-51(44)60-56(45)46)43-29-30-53-50(35-43)58-47-22-9-11-24-52(47)61(53)54-33-40-17-6-4-15-38(40)31-48(54)59-49-32-39-16-5-7-18-41(39)34-55(49)61/h1-35H. The quantitative estimate of drug-likeness (QED) is 0.165. The Morgan fingerprint density at radius 1 is 0.361 bits per heavy atom. The Bertz CT molecular complexity index is 3470. The van der Waals surface area contributed by atoms with Gasteiger partial charge in [-0.2, -0.15) is 0 Å². The summed E-state index contributed by atoms with van der Waals surface area (Å²) >= 11 is 1.85. The molecule has 3 heterocycles. The summed E-state index contributed by atoms with van der Waals surface area (Å²) in [5, 5.41) is 12.2. The molecule has 0 atom stereocenters. The fraction of sp³-hybridized carbons (Fsp3) is 0. The van der Waals surface area contributed by atoms with Gasteiger partial charge in [0.1, 0.15) is 23.0 Å². The maximum atomic E-state index is 7.15. The summed E-state index contributed by atoms with van der Waals surface area (Å²) in [5.41, 5.74) is 5.62. The van der Waals surface area contributed by atoms with Crippen LogP contribution >= 0.6 is 11.3 Å². The molecule has 11 aromatic rings. The Morgan fingerprint density at radius 2 is 0.902 bits per heavy atom. The van der Waals surface area contributed by atoms with E-state index in [2.05, 4.69) is 217 Å². The fourth-order valence-electron chi connectivity index (χ4n) is 9.98. The normalized spacial score (nSPS) is 13.3. The Morgan fingerprint density at radius 3 is 1.64 bits per heavy atom. The minimum Gasteiger partial charge on any atom is -0.457 e. The van der Waals surface area contributed by atoms with Crippen LogP contribution in [0.2, 0.25) is 0 Å². The second-order valence-electron chi connectivity index (χ2n) is 16.0. The van der Waals surface area contributed by atoms with E-state index in [4.69, 9.17) is 9.47 Å². The summed E-state index contributed by atoms with van der Waals surface area (Å²) in [4.78, 5) is 2.41. The van der Waals surface area contributed by atoms with Crippen LogP contribution in [0.3, 0.4) is 0 Å². The molecule has 1 aromatic heterocycles. The summed E-state index contributed by atoms with van der Waals surface area (Å²) in [5.74, 6) is 3.59. The molecule has 13 rings (SSSR count). The van der Waals surface area contributed by atoms with Crippen molar-refractivity contribution in [1.29, 1.82) is 0 Å². The summed E-state index contributed by atoms with van der Waals surface area (Å²) in [6, 6.07) is 77.3. The van der Waals surface area contributed by atoms with Crippen LogP contribution in [0.15, 0.2) is 212 Å². The van der Waals surface area contributed by atoms with Crippen LogP contribution in [0.1, 0.15) is 0 Å². The van der Waals surface area contributed by atoms with E-state index in [1.54, 1.807) is 0 Å². The largest absolute Gasteiger partial charge is 0.457 e. The van der Waals surface area contributed by atoms with Gasteiger partial charge in [-0.25, -0.2) is 0 Å². The van der Waals surface area contributed by atoms with E-state index >= 15 is 0 Å². The van der Waals surface area contributed by atoms with Crippen molar-refractivity contribution >= 4 is 98.9 Å². The first-order chi connectivity index (χ1) is 30.2. The molecule has 0 amide bonds. The molecule has 0 N–H and O–H groups in total. The van der Waals surface area contributed by atoms with Gasteiger partial charge in [0.05, 0.1) is 10.4 Å². The molecule has 1 spiro atoms. The number of hydrogen-bond donors (Lipinski definition) is 0. The van der Waals surface area contributed by atoms with Crippen LogP contribution in [0.25, 0.3) is 52.8 Å². The third-order valence-corrected chi connectivity index (χ3v) is 18.8. The molecule has 0 radical (unpaired) electrons. The average molecular weight is 814 g/mol. The lowest BCUT2D eigenvalue weighted by molar-refractivity contribution is 0.482. The van der Waals surface area contributed by atoms with Gasteiger partial charge in [-0.3, -0.25) is 0 Å². The van der Waals surface area contributed by atoms with Gasteiger partial charge in [0, 0.05) is 32.9 Å². The Labute approximate surface area is 357 Å². The summed E-state index contributed by atoms with van der Waals surface area (Å²) in [6.45, 7) is 0. The van der Waals surface area contributed by atoms with Crippen LogP contribution in [-0.4, -0.2) is 8.07 Å². The fourth-order valence-corrected chi connectivity index (χ4v) is 16.3. The summed E-state index contributed by atoms with van der Waals surface area (Å²) in [7, 11) is -3.08. The highest BCUT2D eigenvalue weighted by molar-refractivity contribution is 7.26. The van der Waals surface area contributed by atoms with Gasteiger partial charge < -0.3 is 14.4 Å². The lowest BCUT2D eigenvalue weighted by Gasteiger charge is -2.43. The average Bonchev–Trinajstić information content (AvgIpc) is 3.70. The number of rotatable bonds is 4. The molecule has 0 saturated carbocycles. The molecule has 286 valence electrons. The highest BCUT2D eigenvalue weighted by Gasteiger charge is 2.53. The maximum absolute atomic E-state index is 7.15. The van der Waals surface area contributed by atoms with E-state index in [0.29, 0.717) is 0 Å². The molecule has 0 saturated heterocycles. The van der Waals surface area contributed by atoms with Crippen LogP contribution in [0.4, 0.5) is 17.1 Å². The van der Waals surface area contributed by atoms with Crippen molar-refractivity contribution in [2.75, 3.05) is 4.90 Å². The third-order valence-electron chi connectivity index (χ3n) is 12.7. The zero-order valence-electron chi connectivity index (χ0n) is 32.9. The van der Waals surface area contributed by atoms with Crippen LogP contribution in [-0.2, 0) is 0 Å². The minimum absolute atomic E-state index is 0.873. The van der Waals surface area contributed by atoms with Gasteiger partial charge in [-0.1, -0.05) is 158 Å². The topological polar surface area (TPSA) is 21.7 Å². The zero-order chi connectivity index (χ0) is 40.1. The van der Waals surface area contributed by atoms with E-state index < -0.39 is 8.07 Å². The van der Waals surface area contributed by atoms with E-state index in [9.17, 15) is 0 Å². The number of ether oxygens (including phenoxy) is 2. The van der Waals surface area contributed by atoms with Crippen LogP contribution in [0, 0.1) is 0 Å². The molecule has 2 aliphatic heterocycles. The third kappa shape index (κ3) is 5.15. The molecule has 2 aliphatic rings. The molecule has 0 aliphatic carbocycles. The predicted octanol–water partition coefficient (Wildman–Crippen LogP) is 13.1. The highest BCUT2D eigenvalue weighted by atomic mass is 32.1. The Hall–Kier alpha value is -7.44. The van der Waals surface area contributed by atoms with Gasteiger partial charge in [-0.15, -0.1) is 11.3 Å². The molecule has 0 unspecified atom stereocenters. The van der Waals surface area contributed by atoms with Crippen molar-refractivity contribution in [1.82, 2.24) is 0 Å². The summed E-state index contributed by atoms with van der Waals surface area (Å²) < 4.78 is 16.7. The predicted molar refractivity (Wildman–Crippen MR) is 258 cm³/mol. The van der Waals surface area contributed by atoms with Crippen molar-refractivity contribution < 1.29 is 9.47 Å². The number of benzene rings is 10. The number of fused-ring (bicyclic) bond motifs is 13. The van der Waals surface area contributed by atoms with E-state index in [-0.39, 0.29) is 0 Å². The van der Waals surface area contributed by atoms with E-state index in [1.807, 2.05) is 11.3 Å². The minimum atomic E-state index is -3.08. The van der Waals surface area contributed by atoms with Gasteiger partial charge >= 0.3 is 0 Å². The lowest BCUT2D eigenvalue weighted by Crippen LogP contribution is -2.77. The number of para-hydroxylation sites is 1. The second kappa shape index (κ2) is 13.3. The monoisotopic (exact) mass is 813 g/mol. The molecule has 0 bridgehead atoms. The number of nitrogens with zero attached hydrogens (tertiary/aromatic N) is 1. The number of hydrogen-bond acceptors (Lipinski definition) is 4. The number of thiophene rings is 1. The smallest absolute Gasteiger partial charge is 0.196 e. The first kappa shape index (κ1) is 34.4. The lowest BCUT2D eigenvalue weighted by atomic mass is 10.0. The van der Waals surface area contributed by atoms with Crippen molar-refractivity contribution in [3.8, 4) is 34.1 Å². The van der Waals surface area contributed by atoms with Crippen LogP contribution in [0.5, 0.6) is 23.0 Å². The molecule has 5 heteroatoms. The molecular weight excluding hydrogens is 779 g/mol. The second-order valence-corrected chi connectivity index (χ2v) is 20.7. The van der Waals surface area contributed by atoms with Crippen molar-refractivity contribution in [3.63, 3.8) is 0 Å². The zero-order valence-corrected chi connectivity index (χ0v) is 34.7. The van der Waals surface area contributed by atoms with Gasteiger partial charge in [0.25, 0.3) is 0 Å². The molecule has 61 heavy (non-hydrogen) atoms. The first-order valence-electron chi connectivity index (χ1n) is 20.7. The van der Waals surface area contributed by atoms with E-state index in [1.165, 1.54) is 62.8 Å². The van der Waals surface area contributed by atoms with Crippen molar-refractivity contribution in [3.05, 3.63) is 212 Å². The molecule has 0 fully saturated rings. The van der Waals surface area contributed by atoms with E-state index in [0.717, 1.165) is 50.8 Å². The molecular formula is C56H35NO2SSi. The Balaban J connectivity index is 1.08. The number of anilines is 3. The maximum Gasteiger partial charge on any atom is 0.196 e. The highest BCUT2D eigenvalue weighted by Crippen LogP contribution is 2.47. The van der Waals surface area contributed by atoms with Gasteiger partial charge in [-0.05, 0) is 102 Å². The van der Waals surface area contributed by atoms with Crippen molar-refractivity contribution in [2.45, 2.75) is 0 Å². The van der Waals surface area contributed by atoms with Crippen LogP contribution < -0.4 is 35.1 Å². The van der Waals surface area contributed by atoms with Gasteiger partial charge in [0.15, 0.2) is 8.07 Å². The summed E-state index contributed by atoms with van der Waals surface area (Å²) in [6.07, 6.45) is 0. The molecule has 3 nitrogen and oxygen atoms in total. The SMILES string of the molecule is c1ccc(-c2ccc(N(c3ccc4c(c3)Oc3ccccc3[Si]43c4cc5ccccc5cc4Oc4cc5ccccc5cc43)c3cccc4c3sc3ccccc34)cc2)cc1. The Kier molecular flexibility index (Phi) is 7.50.